The van der Waals surface area contributed by atoms with Gasteiger partial charge in [-0.3, -0.25) is 4.98 Å². The second-order valence-corrected chi connectivity index (χ2v) is 3.60. The highest BCUT2D eigenvalue weighted by Crippen LogP contribution is 2.21. The van der Waals surface area contributed by atoms with Crippen LogP contribution < -0.4 is 4.74 Å². The number of benzene rings is 1. The fourth-order valence-electron chi connectivity index (χ4n) is 1.38. The molecule has 0 fully saturated rings. The summed E-state index contributed by atoms with van der Waals surface area (Å²) in [6.45, 7) is 2.01. The van der Waals surface area contributed by atoms with E-state index in [-0.39, 0.29) is 6.61 Å². The lowest BCUT2D eigenvalue weighted by Gasteiger charge is -2.06. The van der Waals surface area contributed by atoms with Crippen molar-refractivity contribution >= 4 is 0 Å². The van der Waals surface area contributed by atoms with E-state index in [1.165, 1.54) is 0 Å². The van der Waals surface area contributed by atoms with Crippen LogP contribution in [0.2, 0.25) is 0 Å². The molecule has 1 aromatic carbocycles. The van der Waals surface area contributed by atoms with Gasteiger partial charge >= 0.3 is 0 Å². The van der Waals surface area contributed by atoms with Crippen LogP contribution in [0, 0.1) is 6.92 Å². The van der Waals surface area contributed by atoms with Crippen LogP contribution in [0.4, 0.5) is 0 Å². The van der Waals surface area contributed by atoms with Crippen molar-refractivity contribution in [3.63, 3.8) is 0 Å². The molecule has 0 bridgehead atoms. The Balaban J connectivity index is 2.14. The van der Waals surface area contributed by atoms with Crippen molar-refractivity contribution in [3.05, 3.63) is 53.9 Å². The molecule has 2 rings (SSSR count). The standard InChI is InChI=1S/C13H13NO2/c1-10-6-13(8-14-7-10)16-12-4-2-11(9-15)3-5-12/h2-8,15H,9H2,1H3. The van der Waals surface area contributed by atoms with E-state index in [1.807, 2.05) is 37.3 Å². The van der Waals surface area contributed by atoms with Crippen molar-refractivity contribution in [1.29, 1.82) is 0 Å². The molecule has 1 heterocycles. The number of nitrogens with zero attached hydrogens (tertiary/aromatic N) is 1. The Morgan fingerprint density at radius 2 is 1.88 bits per heavy atom. The molecule has 3 heteroatoms. The normalized spacial score (nSPS) is 10.1. The monoisotopic (exact) mass is 215 g/mol. The van der Waals surface area contributed by atoms with E-state index in [0.29, 0.717) is 0 Å². The maximum Gasteiger partial charge on any atom is 0.145 e. The van der Waals surface area contributed by atoms with Crippen molar-refractivity contribution < 1.29 is 9.84 Å². The van der Waals surface area contributed by atoms with Crippen molar-refractivity contribution in [2.45, 2.75) is 13.5 Å². The Bertz CT molecular complexity index is 466. The molecule has 1 aromatic heterocycles. The number of ether oxygens (including phenoxy) is 1. The van der Waals surface area contributed by atoms with Gasteiger partial charge in [-0.1, -0.05) is 12.1 Å². The van der Waals surface area contributed by atoms with Gasteiger partial charge in [-0.25, -0.2) is 0 Å². The Labute approximate surface area is 94.3 Å². The van der Waals surface area contributed by atoms with Crippen LogP contribution in [0.5, 0.6) is 11.5 Å². The molecule has 0 unspecified atom stereocenters. The lowest BCUT2D eigenvalue weighted by atomic mass is 10.2. The summed E-state index contributed by atoms with van der Waals surface area (Å²) in [6, 6.07) is 9.24. The third kappa shape index (κ3) is 2.58. The van der Waals surface area contributed by atoms with E-state index in [1.54, 1.807) is 12.4 Å². The first-order valence-corrected chi connectivity index (χ1v) is 5.07. The first-order valence-electron chi connectivity index (χ1n) is 5.07. The van der Waals surface area contributed by atoms with Gasteiger partial charge in [-0.15, -0.1) is 0 Å². The second-order valence-electron chi connectivity index (χ2n) is 3.60. The molecular formula is C13H13NO2. The minimum atomic E-state index is 0.0479. The minimum Gasteiger partial charge on any atom is -0.456 e. The van der Waals surface area contributed by atoms with Crippen LogP contribution >= 0.6 is 0 Å². The smallest absolute Gasteiger partial charge is 0.145 e. The number of hydrogen-bond acceptors (Lipinski definition) is 3. The highest BCUT2D eigenvalue weighted by Gasteiger charge is 1.98. The minimum absolute atomic E-state index is 0.0479. The molecule has 82 valence electrons. The molecule has 0 radical (unpaired) electrons. The van der Waals surface area contributed by atoms with Crippen molar-refractivity contribution in [2.75, 3.05) is 0 Å². The zero-order chi connectivity index (χ0) is 11.4. The molecule has 3 nitrogen and oxygen atoms in total. The molecule has 0 saturated heterocycles. The van der Waals surface area contributed by atoms with Gasteiger partial charge in [0, 0.05) is 6.20 Å². The molecule has 1 N–H and O–H groups in total. The predicted molar refractivity (Wildman–Crippen MR) is 61.4 cm³/mol. The fourth-order valence-corrected chi connectivity index (χ4v) is 1.38. The Morgan fingerprint density at radius 1 is 1.12 bits per heavy atom. The number of aliphatic hydroxyl groups is 1. The maximum absolute atomic E-state index is 8.90. The van der Waals surface area contributed by atoms with E-state index >= 15 is 0 Å². The predicted octanol–water partition coefficient (Wildman–Crippen LogP) is 2.67. The third-order valence-electron chi connectivity index (χ3n) is 2.19. The van der Waals surface area contributed by atoms with Crippen LogP contribution in [-0.4, -0.2) is 10.1 Å². The topological polar surface area (TPSA) is 42.4 Å². The average molecular weight is 215 g/mol. The van der Waals surface area contributed by atoms with Crippen molar-refractivity contribution in [2.24, 2.45) is 0 Å². The fraction of sp³-hybridized carbons (Fsp3) is 0.154. The van der Waals surface area contributed by atoms with Gasteiger partial charge in [0.1, 0.15) is 11.5 Å². The average Bonchev–Trinajstić information content (AvgIpc) is 2.30. The molecular weight excluding hydrogens is 202 g/mol. The summed E-state index contributed by atoms with van der Waals surface area (Å²) >= 11 is 0. The summed E-state index contributed by atoms with van der Waals surface area (Å²) in [5.74, 6) is 1.46. The molecule has 0 atom stereocenters. The molecule has 0 aliphatic rings. The number of pyridine rings is 1. The first kappa shape index (κ1) is 10.6. The summed E-state index contributed by atoms with van der Waals surface area (Å²) in [6.07, 6.45) is 3.45. The van der Waals surface area contributed by atoms with Gasteiger partial charge in [-0.2, -0.15) is 0 Å². The lowest BCUT2D eigenvalue weighted by Crippen LogP contribution is -1.87. The van der Waals surface area contributed by atoms with Gasteiger partial charge in [-0.05, 0) is 36.2 Å². The molecule has 16 heavy (non-hydrogen) atoms. The van der Waals surface area contributed by atoms with Crippen LogP contribution in [-0.2, 0) is 6.61 Å². The highest BCUT2D eigenvalue weighted by atomic mass is 16.5. The van der Waals surface area contributed by atoms with Gasteiger partial charge < -0.3 is 9.84 Å². The van der Waals surface area contributed by atoms with Gasteiger partial charge in [0.05, 0.1) is 12.8 Å². The van der Waals surface area contributed by atoms with E-state index in [4.69, 9.17) is 9.84 Å². The molecule has 0 spiro atoms. The first-order chi connectivity index (χ1) is 7.78. The zero-order valence-electron chi connectivity index (χ0n) is 9.05. The quantitative estimate of drug-likeness (QED) is 0.855. The van der Waals surface area contributed by atoms with E-state index < -0.39 is 0 Å². The number of hydrogen-bond donors (Lipinski definition) is 1. The SMILES string of the molecule is Cc1cncc(Oc2ccc(CO)cc2)c1. The molecule has 0 aliphatic heterocycles. The van der Waals surface area contributed by atoms with Crippen molar-refractivity contribution in [1.82, 2.24) is 4.98 Å². The molecule has 0 aliphatic carbocycles. The Kier molecular flexibility index (Phi) is 3.17. The molecule has 0 amide bonds. The van der Waals surface area contributed by atoms with Gasteiger partial charge in [0.15, 0.2) is 0 Å². The Hall–Kier alpha value is -1.87. The lowest BCUT2D eigenvalue weighted by molar-refractivity contribution is 0.281. The second kappa shape index (κ2) is 4.77. The third-order valence-corrected chi connectivity index (χ3v) is 2.19. The van der Waals surface area contributed by atoms with E-state index in [2.05, 4.69) is 4.98 Å². The highest BCUT2D eigenvalue weighted by molar-refractivity contribution is 5.32. The summed E-state index contributed by atoms with van der Waals surface area (Å²) < 4.78 is 5.61. The van der Waals surface area contributed by atoms with Crippen molar-refractivity contribution in [3.8, 4) is 11.5 Å². The summed E-state index contributed by atoms with van der Waals surface area (Å²) in [5, 5.41) is 8.90. The summed E-state index contributed by atoms with van der Waals surface area (Å²) in [5.41, 5.74) is 1.93. The number of aliphatic hydroxyl groups excluding tert-OH is 1. The number of aryl methyl sites for hydroxylation is 1. The van der Waals surface area contributed by atoms with E-state index in [0.717, 1.165) is 22.6 Å². The molecule has 2 aromatic rings. The van der Waals surface area contributed by atoms with Crippen LogP contribution in [0.1, 0.15) is 11.1 Å². The van der Waals surface area contributed by atoms with Gasteiger partial charge in [0.2, 0.25) is 0 Å². The largest absolute Gasteiger partial charge is 0.456 e. The van der Waals surface area contributed by atoms with Crippen LogP contribution in [0.3, 0.4) is 0 Å². The zero-order valence-corrected chi connectivity index (χ0v) is 9.05. The Morgan fingerprint density at radius 3 is 2.50 bits per heavy atom. The summed E-state index contributed by atoms with van der Waals surface area (Å²) in [4.78, 5) is 4.05. The maximum atomic E-state index is 8.90. The van der Waals surface area contributed by atoms with Crippen LogP contribution in [0.15, 0.2) is 42.7 Å². The summed E-state index contributed by atoms with van der Waals surface area (Å²) in [7, 11) is 0. The van der Waals surface area contributed by atoms with Crippen LogP contribution in [0.25, 0.3) is 0 Å². The number of aromatic nitrogens is 1. The van der Waals surface area contributed by atoms with E-state index in [9.17, 15) is 0 Å². The number of rotatable bonds is 3. The molecule has 0 saturated carbocycles. The van der Waals surface area contributed by atoms with Gasteiger partial charge in [0.25, 0.3) is 0 Å².